The number of carbonyl (C=O) groups excluding carboxylic acids is 2. The molecule has 0 spiro atoms. The van der Waals surface area contributed by atoms with Crippen LogP contribution in [-0.2, 0) is 16.1 Å². The molecule has 34 heavy (non-hydrogen) atoms. The fraction of sp³-hybridized carbons (Fsp3) is 0.630. The van der Waals surface area contributed by atoms with Crippen LogP contribution in [0.2, 0.25) is 0 Å². The minimum Gasteiger partial charge on any atom is -0.352 e. The largest absolute Gasteiger partial charge is 0.352 e. The van der Waals surface area contributed by atoms with Gasteiger partial charge in [0.05, 0.1) is 4.92 Å². The molecular formula is C27H35N3O4. The van der Waals surface area contributed by atoms with Crippen molar-refractivity contribution in [1.82, 2.24) is 10.2 Å². The van der Waals surface area contributed by atoms with E-state index in [1.54, 1.807) is 12.1 Å². The molecule has 0 saturated heterocycles. The first kappa shape index (κ1) is 23.1. The average molecular weight is 466 g/mol. The van der Waals surface area contributed by atoms with Gasteiger partial charge in [0, 0.05) is 43.1 Å². The topological polar surface area (TPSA) is 92.6 Å². The van der Waals surface area contributed by atoms with E-state index >= 15 is 0 Å². The molecule has 0 aromatic heterocycles. The van der Waals surface area contributed by atoms with Crippen LogP contribution in [0.3, 0.4) is 0 Å². The van der Waals surface area contributed by atoms with Crippen molar-refractivity contribution in [2.24, 2.45) is 34.5 Å². The maximum Gasteiger partial charge on any atom is 0.269 e. The number of nitrogens with one attached hydrogen (secondary N) is 1. The number of likely N-dealkylation sites (N-methyl/N-ethyl adjacent to an activating group) is 1. The highest BCUT2D eigenvalue weighted by Gasteiger charge is 2.61. The van der Waals surface area contributed by atoms with Crippen LogP contribution in [0.1, 0.15) is 57.9 Å². The molecule has 3 saturated carbocycles. The standard InChI is InChI=1S/C27H35N3O4/c1-26-13-11-21-19(7-10-23-27(21,2)14-12-24(31)29(23)3)20(26)8-9-22(26)25(32)28-16-17-5-4-6-18(15-17)30(33)34/h4-6,12,14-15,19-23H,7-11,13,16H2,1-3H3,(H,28,32)/t19-,20-,21-,22+,23+,26-,27+/m0/s1. The molecule has 1 aromatic rings. The van der Waals surface area contributed by atoms with Crippen LogP contribution in [0.25, 0.3) is 0 Å². The molecule has 4 aliphatic rings. The SMILES string of the molecule is CN1C(=O)C=C[C@]2(C)[C@H]3CC[C@]4(C)[C@@H](C(=O)NCc5cccc([N+](=O)[O-])c5)CC[C@H]4[C@@H]3CC[C@@H]12. The first-order valence-electron chi connectivity index (χ1n) is 12.6. The minimum absolute atomic E-state index is 0.00921. The predicted octanol–water partition coefficient (Wildman–Crippen LogP) is 4.47. The highest BCUT2D eigenvalue weighted by atomic mass is 16.6. The van der Waals surface area contributed by atoms with Gasteiger partial charge in [-0.3, -0.25) is 19.7 Å². The predicted molar refractivity (Wildman–Crippen MR) is 129 cm³/mol. The molecule has 182 valence electrons. The van der Waals surface area contributed by atoms with E-state index in [0.29, 0.717) is 24.3 Å². The Kier molecular flexibility index (Phi) is 5.57. The van der Waals surface area contributed by atoms with Gasteiger partial charge in [-0.2, -0.15) is 0 Å². The third kappa shape index (κ3) is 3.46. The van der Waals surface area contributed by atoms with Crippen molar-refractivity contribution < 1.29 is 14.5 Å². The lowest BCUT2D eigenvalue weighted by molar-refractivity contribution is -0.384. The highest BCUT2D eigenvalue weighted by Crippen LogP contribution is 2.65. The lowest BCUT2D eigenvalue weighted by Gasteiger charge is -2.60. The number of hydrogen-bond acceptors (Lipinski definition) is 4. The van der Waals surface area contributed by atoms with Gasteiger partial charge in [-0.25, -0.2) is 0 Å². The molecule has 7 heteroatoms. The Morgan fingerprint density at radius 1 is 1.18 bits per heavy atom. The van der Waals surface area contributed by atoms with Gasteiger partial charge in [0.2, 0.25) is 11.8 Å². The van der Waals surface area contributed by atoms with Crippen LogP contribution < -0.4 is 5.32 Å². The van der Waals surface area contributed by atoms with Gasteiger partial charge < -0.3 is 10.2 Å². The summed E-state index contributed by atoms with van der Waals surface area (Å²) in [5, 5.41) is 14.1. The van der Waals surface area contributed by atoms with Gasteiger partial charge in [-0.05, 0) is 73.3 Å². The van der Waals surface area contributed by atoms with E-state index in [-0.39, 0.29) is 40.3 Å². The average Bonchev–Trinajstić information content (AvgIpc) is 3.18. The molecule has 2 amide bonds. The van der Waals surface area contributed by atoms with E-state index in [1.165, 1.54) is 12.1 Å². The van der Waals surface area contributed by atoms with Gasteiger partial charge in [-0.1, -0.05) is 32.1 Å². The van der Waals surface area contributed by atoms with Crippen molar-refractivity contribution in [2.75, 3.05) is 7.05 Å². The number of nitrogens with zero attached hydrogens (tertiary/aromatic N) is 2. The van der Waals surface area contributed by atoms with E-state index in [4.69, 9.17) is 0 Å². The maximum absolute atomic E-state index is 13.3. The summed E-state index contributed by atoms with van der Waals surface area (Å²) >= 11 is 0. The molecule has 0 unspecified atom stereocenters. The first-order valence-corrected chi connectivity index (χ1v) is 12.6. The van der Waals surface area contributed by atoms with Gasteiger partial charge in [0.1, 0.15) is 0 Å². The summed E-state index contributed by atoms with van der Waals surface area (Å²) in [4.78, 5) is 38.2. The van der Waals surface area contributed by atoms with E-state index in [9.17, 15) is 19.7 Å². The Labute approximate surface area is 201 Å². The van der Waals surface area contributed by atoms with Crippen LogP contribution in [0.4, 0.5) is 5.69 Å². The smallest absolute Gasteiger partial charge is 0.269 e. The second-order valence-electron chi connectivity index (χ2n) is 11.4. The highest BCUT2D eigenvalue weighted by molar-refractivity contribution is 5.89. The number of non-ortho nitro benzene ring substituents is 1. The van der Waals surface area contributed by atoms with Crippen molar-refractivity contribution in [2.45, 2.75) is 65.0 Å². The molecule has 7 nitrogen and oxygen atoms in total. The monoisotopic (exact) mass is 465 g/mol. The normalized spacial score (nSPS) is 38.6. The van der Waals surface area contributed by atoms with E-state index < -0.39 is 4.92 Å². The first-order chi connectivity index (χ1) is 16.1. The Morgan fingerprint density at radius 3 is 2.74 bits per heavy atom. The summed E-state index contributed by atoms with van der Waals surface area (Å²) in [7, 11) is 1.94. The number of nitro groups is 1. The third-order valence-corrected chi connectivity index (χ3v) is 10.0. The Balaban J connectivity index is 1.30. The number of benzene rings is 1. The van der Waals surface area contributed by atoms with Crippen molar-refractivity contribution in [3.8, 4) is 0 Å². The molecule has 1 N–H and O–H groups in total. The van der Waals surface area contributed by atoms with Crippen LogP contribution in [0, 0.1) is 44.6 Å². The van der Waals surface area contributed by atoms with E-state index in [0.717, 1.165) is 44.1 Å². The number of hydrogen-bond donors (Lipinski definition) is 1. The molecule has 1 heterocycles. The molecular weight excluding hydrogens is 430 g/mol. The molecule has 7 atom stereocenters. The second kappa shape index (κ2) is 8.21. The number of nitro benzene ring substituents is 1. The maximum atomic E-state index is 13.3. The van der Waals surface area contributed by atoms with Gasteiger partial charge in [-0.15, -0.1) is 0 Å². The van der Waals surface area contributed by atoms with Crippen molar-refractivity contribution in [1.29, 1.82) is 0 Å². The number of fused-ring (bicyclic) bond motifs is 5. The summed E-state index contributed by atoms with van der Waals surface area (Å²) in [5.41, 5.74) is 0.790. The summed E-state index contributed by atoms with van der Waals surface area (Å²) in [5.74, 6) is 1.83. The Hall–Kier alpha value is -2.70. The van der Waals surface area contributed by atoms with Crippen molar-refractivity contribution >= 4 is 17.5 Å². The fourth-order valence-corrected chi connectivity index (χ4v) is 8.26. The lowest BCUT2D eigenvalue weighted by atomic mass is 9.47. The zero-order chi connectivity index (χ0) is 24.3. The van der Waals surface area contributed by atoms with Crippen LogP contribution in [0.15, 0.2) is 36.4 Å². The van der Waals surface area contributed by atoms with E-state index in [2.05, 4.69) is 25.2 Å². The molecule has 0 radical (unpaired) electrons. The number of carbonyl (C=O) groups is 2. The molecule has 0 bridgehead atoms. The summed E-state index contributed by atoms with van der Waals surface area (Å²) in [6.45, 7) is 4.97. The molecule has 3 aliphatic carbocycles. The van der Waals surface area contributed by atoms with Crippen molar-refractivity contribution in [3.05, 3.63) is 52.1 Å². The molecule has 1 aliphatic heterocycles. The second-order valence-corrected chi connectivity index (χ2v) is 11.4. The molecule has 1 aromatic carbocycles. The Morgan fingerprint density at radius 2 is 1.97 bits per heavy atom. The number of rotatable bonds is 4. The molecule has 5 rings (SSSR count). The van der Waals surface area contributed by atoms with Crippen LogP contribution in [0.5, 0.6) is 0 Å². The Bertz CT molecular complexity index is 1050. The summed E-state index contributed by atoms with van der Waals surface area (Å²) in [6, 6.07) is 6.75. The van der Waals surface area contributed by atoms with Crippen LogP contribution >= 0.6 is 0 Å². The van der Waals surface area contributed by atoms with Gasteiger partial charge in [0.15, 0.2) is 0 Å². The molecule has 3 fully saturated rings. The van der Waals surface area contributed by atoms with Crippen LogP contribution in [-0.4, -0.2) is 34.7 Å². The fourth-order valence-electron chi connectivity index (χ4n) is 8.26. The van der Waals surface area contributed by atoms with Gasteiger partial charge in [0.25, 0.3) is 5.69 Å². The number of amides is 2. The minimum atomic E-state index is -0.406. The third-order valence-electron chi connectivity index (χ3n) is 10.0. The zero-order valence-corrected chi connectivity index (χ0v) is 20.3. The summed E-state index contributed by atoms with van der Waals surface area (Å²) in [6.07, 6.45) is 10.2. The van der Waals surface area contributed by atoms with Gasteiger partial charge >= 0.3 is 0 Å². The van der Waals surface area contributed by atoms with Crippen molar-refractivity contribution in [3.63, 3.8) is 0 Å². The quantitative estimate of drug-likeness (QED) is 0.525. The zero-order valence-electron chi connectivity index (χ0n) is 20.3. The lowest BCUT2D eigenvalue weighted by Crippen LogP contribution is -2.59. The summed E-state index contributed by atoms with van der Waals surface area (Å²) < 4.78 is 0. The van der Waals surface area contributed by atoms with E-state index in [1.807, 2.05) is 18.0 Å².